The zero-order valence-corrected chi connectivity index (χ0v) is 7.65. The van der Waals surface area contributed by atoms with Crippen LogP contribution in [-0.2, 0) is 9.53 Å². The molecule has 0 saturated carbocycles. The summed E-state index contributed by atoms with van der Waals surface area (Å²) in [5, 5.41) is 0. The van der Waals surface area contributed by atoms with Crippen molar-refractivity contribution in [2.75, 3.05) is 13.0 Å². The van der Waals surface area contributed by atoms with Crippen molar-refractivity contribution < 1.29 is 9.53 Å². The van der Waals surface area contributed by atoms with Crippen LogP contribution in [0.4, 0.5) is 0 Å². The molecule has 0 radical (unpaired) electrons. The first-order valence-electron chi connectivity index (χ1n) is 3.59. The van der Waals surface area contributed by atoms with Gasteiger partial charge in [0.2, 0.25) is 0 Å². The molecule has 0 amide bonds. The number of alkyl halides is 1. The van der Waals surface area contributed by atoms with Gasteiger partial charge in [-0.3, -0.25) is 0 Å². The van der Waals surface area contributed by atoms with Gasteiger partial charge in [-0.15, -0.1) is 11.6 Å². The van der Waals surface area contributed by atoms with Gasteiger partial charge >= 0.3 is 5.97 Å². The number of esters is 1. The molecule has 2 nitrogen and oxygen atoms in total. The van der Waals surface area contributed by atoms with E-state index in [9.17, 15) is 4.79 Å². The smallest absolute Gasteiger partial charge is 0.333 e. The highest BCUT2D eigenvalue weighted by Crippen LogP contribution is 2.06. The van der Waals surface area contributed by atoms with E-state index in [1.165, 1.54) is 7.11 Å². The first-order chi connectivity index (χ1) is 5.26. The SMILES string of the molecule is CCC/C(=C\CCl)C(=O)OC. The monoisotopic (exact) mass is 176 g/mol. The summed E-state index contributed by atoms with van der Waals surface area (Å²) in [7, 11) is 1.38. The average Bonchev–Trinajstić information content (AvgIpc) is 2.03. The van der Waals surface area contributed by atoms with Crippen molar-refractivity contribution in [1.82, 2.24) is 0 Å². The summed E-state index contributed by atoms with van der Waals surface area (Å²) in [6, 6.07) is 0. The minimum atomic E-state index is -0.271. The van der Waals surface area contributed by atoms with Gasteiger partial charge in [0.1, 0.15) is 0 Å². The van der Waals surface area contributed by atoms with Crippen LogP contribution in [0.15, 0.2) is 11.6 Å². The third kappa shape index (κ3) is 4.04. The maximum Gasteiger partial charge on any atom is 0.333 e. The molecule has 0 aromatic rings. The molecular weight excluding hydrogens is 164 g/mol. The summed E-state index contributed by atoms with van der Waals surface area (Å²) in [6.45, 7) is 2.00. The van der Waals surface area contributed by atoms with Gasteiger partial charge < -0.3 is 4.74 Å². The number of ether oxygens (including phenoxy) is 1. The van der Waals surface area contributed by atoms with Gasteiger partial charge in [-0.2, -0.15) is 0 Å². The Kier molecular flexibility index (Phi) is 5.94. The van der Waals surface area contributed by atoms with Crippen molar-refractivity contribution in [1.29, 1.82) is 0 Å². The largest absolute Gasteiger partial charge is 0.466 e. The second-order valence-corrected chi connectivity index (χ2v) is 2.43. The minimum Gasteiger partial charge on any atom is -0.466 e. The van der Waals surface area contributed by atoms with E-state index < -0.39 is 0 Å². The Morgan fingerprint density at radius 3 is 2.64 bits per heavy atom. The number of hydrogen-bond acceptors (Lipinski definition) is 2. The molecular formula is C8H13ClO2. The van der Waals surface area contributed by atoms with Crippen molar-refractivity contribution in [3.05, 3.63) is 11.6 Å². The Labute approximate surface area is 72.2 Å². The van der Waals surface area contributed by atoms with E-state index in [1.54, 1.807) is 6.08 Å². The van der Waals surface area contributed by atoms with Crippen LogP contribution < -0.4 is 0 Å². The fourth-order valence-corrected chi connectivity index (χ4v) is 0.967. The Bertz CT molecular complexity index is 152. The third-order valence-electron chi connectivity index (χ3n) is 1.29. The van der Waals surface area contributed by atoms with E-state index in [4.69, 9.17) is 11.6 Å². The van der Waals surface area contributed by atoms with E-state index in [-0.39, 0.29) is 5.97 Å². The van der Waals surface area contributed by atoms with Crippen LogP contribution in [0, 0.1) is 0 Å². The molecule has 0 rings (SSSR count). The van der Waals surface area contributed by atoms with E-state index in [0.29, 0.717) is 11.5 Å². The molecule has 0 aliphatic rings. The molecule has 64 valence electrons. The highest BCUT2D eigenvalue weighted by molar-refractivity contribution is 6.19. The molecule has 0 N–H and O–H groups in total. The molecule has 0 spiro atoms. The predicted octanol–water partition coefficient (Wildman–Crippen LogP) is 2.12. The maximum atomic E-state index is 10.9. The van der Waals surface area contributed by atoms with Crippen molar-refractivity contribution >= 4 is 17.6 Å². The minimum absolute atomic E-state index is 0.271. The number of carbonyl (C=O) groups excluding carboxylic acids is 1. The van der Waals surface area contributed by atoms with Crippen LogP contribution in [0.2, 0.25) is 0 Å². The van der Waals surface area contributed by atoms with Gasteiger partial charge in [-0.05, 0) is 6.42 Å². The molecule has 0 unspecified atom stereocenters. The van der Waals surface area contributed by atoms with Crippen molar-refractivity contribution in [3.8, 4) is 0 Å². The van der Waals surface area contributed by atoms with Gasteiger partial charge in [0.15, 0.2) is 0 Å². The van der Waals surface area contributed by atoms with Crippen LogP contribution in [-0.4, -0.2) is 19.0 Å². The van der Waals surface area contributed by atoms with Crippen LogP contribution in [0.25, 0.3) is 0 Å². The van der Waals surface area contributed by atoms with E-state index >= 15 is 0 Å². The lowest BCUT2D eigenvalue weighted by Gasteiger charge is -2.01. The lowest BCUT2D eigenvalue weighted by Crippen LogP contribution is -2.04. The van der Waals surface area contributed by atoms with E-state index in [0.717, 1.165) is 12.8 Å². The lowest BCUT2D eigenvalue weighted by molar-refractivity contribution is -0.136. The molecule has 0 aromatic carbocycles. The van der Waals surface area contributed by atoms with Crippen LogP contribution >= 0.6 is 11.6 Å². The van der Waals surface area contributed by atoms with Crippen LogP contribution in [0.1, 0.15) is 19.8 Å². The summed E-state index contributed by atoms with van der Waals surface area (Å²) in [4.78, 5) is 10.9. The Balaban J connectivity index is 4.09. The number of carbonyl (C=O) groups is 1. The summed E-state index contributed by atoms with van der Waals surface area (Å²) in [6.07, 6.45) is 3.36. The Hall–Kier alpha value is -0.500. The number of rotatable bonds is 4. The lowest BCUT2D eigenvalue weighted by atomic mass is 10.1. The molecule has 3 heteroatoms. The van der Waals surface area contributed by atoms with E-state index in [2.05, 4.69) is 4.74 Å². The second-order valence-electron chi connectivity index (χ2n) is 2.13. The summed E-state index contributed by atoms with van der Waals surface area (Å²) >= 11 is 5.45. The van der Waals surface area contributed by atoms with Gasteiger partial charge in [0, 0.05) is 11.5 Å². The van der Waals surface area contributed by atoms with Gasteiger partial charge in [-0.1, -0.05) is 19.4 Å². The number of hydrogen-bond donors (Lipinski definition) is 0. The predicted molar refractivity (Wildman–Crippen MR) is 45.7 cm³/mol. The first-order valence-corrected chi connectivity index (χ1v) is 4.13. The van der Waals surface area contributed by atoms with Crippen molar-refractivity contribution in [2.45, 2.75) is 19.8 Å². The molecule has 0 atom stereocenters. The van der Waals surface area contributed by atoms with E-state index in [1.807, 2.05) is 6.92 Å². The zero-order chi connectivity index (χ0) is 8.69. The summed E-state index contributed by atoms with van der Waals surface area (Å²) in [5.41, 5.74) is 0.671. The third-order valence-corrected chi connectivity index (χ3v) is 1.44. The molecule has 0 aromatic heterocycles. The maximum absolute atomic E-state index is 10.9. The van der Waals surface area contributed by atoms with Crippen LogP contribution in [0.3, 0.4) is 0 Å². The fourth-order valence-electron chi connectivity index (χ4n) is 0.781. The first kappa shape index (κ1) is 10.5. The quantitative estimate of drug-likeness (QED) is 0.373. The van der Waals surface area contributed by atoms with Gasteiger partial charge in [0.25, 0.3) is 0 Å². The number of halogens is 1. The zero-order valence-electron chi connectivity index (χ0n) is 6.89. The molecule has 0 saturated heterocycles. The summed E-state index contributed by atoms with van der Waals surface area (Å²) < 4.78 is 4.55. The van der Waals surface area contributed by atoms with Gasteiger partial charge in [0.05, 0.1) is 7.11 Å². The number of allylic oxidation sites excluding steroid dienone is 1. The number of methoxy groups -OCH3 is 1. The molecule has 0 heterocycles. The standard InChI is InChI=1S/C8H13ClO2/c1-3-4-7(5-6-9)8(10)11-2/h5H,3-4,6H2,1-2H3/b7-5+. The average molecular weight is 177 g/mol. The fraction of sp³-hybridized carbons (Fsp3) is 0.625. The molecule has 0 aliphatic heterocycles. The molecule has 0 bridgehead atoms. The van der Waals surface area contributed by atoms with Crippen molar-refractivity contribution in [3.63, 3.8) is 0 Å². The summed E-state index contributed by atoms with van der Waals surface area (Å²) in [5.74, 6) is 0.0947. The van der Waals surface area contributed by atoms with Crippen molar-refractivity contribution in [2.24, 2.45) is 0 Å². The Morgan fingerprint density at radius 2 is 2.27 bits per heavy atom. The highest BCUT2D eigenvalue weighted by Gasteiger charge is 2.06. The highest BCUT2D eigenvalue weighted by atomic mass is 35.5. The Morgan fingerprint density at radius 1 is 1.64 bits per heavy atom. The molecule has 11 heavy (non-hydrogen) atoms. The van der Waals surface area contributed by atoms with Crippen LogP contribution in [0.5, 0.6) is 0 Å². The normalized spacial score (nSPS) is 11.4. The topological polar surface area (TPSA) is 26.3 Å². The molecule has 0 fully saturated rings. The second kappa shape index (κ2) is 6.23. The molecule has 0 aliphatic carbocycles. The van der Waals surface area contributed by atoms with Gasteiger partial charge in [-0.25, -0.2) is 4.79 Å².